The van der Waals surface area contributed by atoms with Gasteiger partial charge in [0.15, 0.2) is 0 Å². The molecule has 0 aromatic heterocycles. The molecule has 1 atom stereocenters. The molecule has 0 aliphatic rings. The van der Waals surface area contributed by atoms with Crippen LogP contribution in [0.4, 0.5) is 0 Å². The fraction of sp³-hybridized carbons (Fsp3) is 1.00. The van der Waals surface area contributed by atoms with E-state index in [-0.39, 0.29) is 6.61 Å². The van der Waals surface area contributed by atoms with Gasteiger partial charge in [0, 0.05) is 7.11 Å². The molecule has 0 heterocycles. The standard InChI is InChI=1S/C15H33NO8/c1-18-15(16)14-24-13-12-23-11-10-22-9-8-21-7-6-20-5-4-19-3-2-17/h15,17H,2-14,16H2,1H3. The second kappa shape index (κ2) is 20.7. The van der Waals surface area contributed by atoms with Gasteiger partial charge < -0.3 is 44.0 Å². The van der Waals surface area contributed by atoms with Crippen LogP contribution in [0.5, 0.6) is 0 Å². The van der Waals surface area contributed by atoms with Crippen LogP contribution in [0.15, 0.2) is 0 Å². The Morgan fingerprint density at radius 2 is 0.958 bits per heavy atom. The summed E-state index contributed by atoms with van der Waals surface area (Å²) in [6, 6.07) is 0. The maximum absolute atomic E-state index is 8.50. The summed E-state index contributed by atoms with van der Waals surface area (Å²) in [5, 5.41) is 8.50. The Morgan fingerprint density at radius 1 is 0.625 bits per heavy atom. The average molecular weight is 355 g/mol. The summed E-state index contributed by atoms with van der Waals surface area (Å²) in [5.41, 5.74) is 5.50. The number of rotatable bonds is 20. The minimum atomic E-state index is -0.390. The van der Waals surface area contributed by atoms with Gasteiger partial charge in [0.2, 0.25) is 0 Å². The first-order valence-electron chi connectivity index (χ1n) is 8.17. The predicted molar refractivity (Wildman–Crippen MR) is 87.0 cm³/mol. The highest BCUT2D eigenvalue weighted by atomic mass is 16.6. The summed E-state index contributed by atoms with van der Waals surface area (Å²) in [6.45, 7) is 5.76. The van der Waals surface area contributed by atoms with Crippen molar-refractivity contribution in [3.63, 3.8) is 0 Å². The summed E-state index contributed by atoms with van der Waals surface area (Å²) in [5.74, 6) is 0. The number of hydrogen-bond acceptors (Lipinski definition) is 9. The van der Waals surface area contributed by atoms with Gasteiger partial charge in [-0.1, -0.05) is 0 Å². The van der Waals surface area contributed by atoms with Crippen LogP contribution in [-0.2, 0) is 33.2 Å². The number of ether oxygens (including phenoxy) is 7. The van der Waals surface area contributed by atoms with Crippen LogP contribution in [0.3, 0.4) is 0 Å². The molecule has 0 spiro atoms. The largest absolute Gasteiger partial charge is 0.394 e. The van der Waals surface area contributed by atoms with Crippen molar-refractivity contribution in [1.82, 2.24) is 0 Å². The average Bonchev–Trinajstić information content (AvgIpc) is 2.60. The van der Waals surface area contributed by atoms with E-state index in [1.54, 1.807) is 0 Å². The van der Waals surface area contributed by atoms with Crippen LogP contribution in [0.25, 0.3) is 0 Å². The molecule has 0 saturated carbocycles. The molecule has 1 unspecified atom stereocenters. The molecule has 0 bridgehead atoms. The van der Waals surface area contributed by atoms with Gasteiger partial charge in [-0.05, 0) is 0 Å². The Labute approximate surface area is 144 Å². The third-order valence-electron chi connectivity index (χ3n) is 2.68. The van der Waals surface area contributed by atoms with E-state index in [0.717, 1.165) is 0 Å². The number of nitrogens with two attached hydrogens (primary N) is 1. The monoisotopic (exact) mass is 355 g/mol. The quantitative estimate of drug-likeness (QED) is 0.210. The third kappa shape index (κ3) is 19.7. The van der Waals surface area contributed by atoms with Gasteiger partial charge in [-0.15, -0.1) is 0 Å². The van der Waals surface area contributed by atoms with Crippen LogP contribution < -0.4 is 5.73 Å². The molecule has 146 valence electrons. The topological polar surface area (TPSA) is 111 Å². The lowest BCUT2D eigenvalue weighted by molar-refractivity contribution is -0.0288. The zero-order valence-corrected chi connectivity index (χ0v) is 14.7. The molecule has 0 saturated heterocycles. The Kier molecular flexibility index (Phi) is 20.4. The van der Waals surface area contributed by atoms with Crippen molar-refractivity contribution in [3.05, 3.63) is 0 Å². The van der Waals surface area contributed by atoms with Crippen molar-refractivity contribution < 1.29 is 38.3 Å². The Morgan fingerprint density at radius 3 is 1.29 bits per heavy atom. The maximum Gasteiger partial charge on any atom is 0.128 e. The Bertz CT molecular complexity index is 236. The molecule has 0 amide bonds. The molecule has 3 N–H and O–H groups in total. The van der Waals surface area contributed by atoms with Crippen LogP contribution in [-0.4, -0.2) is 104 Å². The van der Waals surface area contributed by atoms with Crippen molar-refractivity contribution in [3.8, 4) is 0 Å². The van der Waals surface area contributed by atoms with E-state index in [1.165, 1.54) is 7.11 Å². The molecule has 0 rings (SSSR count). The molecule has 0 radical (unpaired) electrons. The van der Waals surface area contributed by atoms with E-state index in [2.05, 4.69) is 0 Å². The van der Waals surface area contributed by atoms with Gasteiger partial charge in [0.25, 0.3) is 0 Å². The van der Waals surface area contributed by atoms with Crippen LogP contribution >= 0.6 is 0 Å². The lowest BCUT2D eigenvalue weighted by Crippen LogP contribution is -2.28. The van der Waals surface area contributed by atoms with Gasteiger partial charge in [0.05, 0.1) is 85.9 Å². The fourth-order valence-corrected chi connectivity index (χ4v) is 1.43. The normalized spacial score (nSPS) is 12.6. The van der Waals surface area contributed by atoms with Crippen molar-refractivity contribution in [2.24, 2.45) is 5.73 Å². The van der Waals surface area contributed by atoms with Gasteiger partial charge in [0.1, 0.15) is 6.23 Å². The lowest BCUT2D eigenvalue weighted by Gasteiger charge is -2.10. The highest BCUT2D eigenvalue weighted by molar-refractivity contribution is 4.42. The predicted octanol–water partition coefficient (Wildman–Crippen LogP) is -0.990. The second-order valence-corrected chi connectivity index (χ2v) is 4.63. The molecule has 0 aromatic rings. The zero-order valence-electron chi connectivity index (χ0n) is 14.7. The minimum Gasteiger partial charge on any atom is -0.394 e. The summed E-state index contributed by atoms with van der Waals surface area (Å²) >= 11 is 0. The summed E-state index contributed by atoms with van der Waals surface area (Å²) in [4.78, 5) is 0. The van der Waals surface area contributed by atoms with E-state index >= 15 is 0 Å². The first-order chi connectivity index (χ1) is 11.8. The zero-order chi connectivity index (χ0) is 17.7. The van der Waals surface area contributed by atoms with E-state index in [4.69, 9.17) is 44.0 Å². The lowest BCUT2D eigenvalue weighted by atomic mass is 10.6. The van der Waals surface area contributed by atoms with Crippen LogP contribution in [0, 0.1) is 0 Å². The summed E-state index contributed by atoms with van der Waals surface area (Å²) < 4.78 is 36.4. The van der Waals surface area contributed by atoms with E-state index in [0.29, 0.717) is 79.3 Å². The number of methoxy groups -OCH3 is 1. The second-order valence-electron chi connectivity index (χ2n) is 4.63. The molecular formula is C15H33NO8. The molecule has 24 heavy (non-hydrogen) atoms. The highest BCUT2D eigenvalue weighted by Gasteiger charge is 1.98. The first-order valence-corrected chi connectivity index (χ1v) is 8.17. The van der Waals surface area contributed by atoms with Crippen LogP contribution in [0.1, 0.15) is 0 Å². The highest BCUT2D eigenvalue weighted by Crippen LogP contribution is 1.86. The van der Waals surface area contributed by atoms with Crippen molar-refractivity contribution in [1.29, 1.82) is 0 Å². The molecular weight excluding hydrogens is 322 g/mol. The molecule has 0 aliphatic heterocycles. The number of aliphatic hydroxyl groups is 1. The van der Waals surface area contributed by atoms with Crippen molar-refractivity contribution in [2.75, 3.05) is 93.0 Å². The molecule has 0 fully saturated rings. The summed E-state index contributed by atoms with van der Waals surface area (Å²) in [7, 11) is 1.54. The minimum absolute atomic E-state index is 0.0328. The Balaban J connectivity index is 2.98. The number of aliphatic hydroxyl groups excluding tert-OH is 1. The smallest absolute Gasteiger partial charge is 0.128 e. The molecule has 0 aromatic carbocycles. The van der Waals surface area contributed by atoms with Gasteiger partial charge >= 0.3 is 0 Å². The SMILES string of the molecule is COC(N)COCCOCCOCCOCCOCCOCCO. The van der Waals surface area contributed by atoms with Crippen LogP contribution in [0.2, 0.25) is 0 Å². The third-order valence-corrected chi connectivity index (χ3v) is 2.68. The summed E-state index contributed by atoms with van der Waals surface area (Å²) in [6.07, 6.45) is -0.390. The first kappa shape index (κ1) is 23.6. The van der Waals surface area contributed by atoms with Crippen molar-refractivity contribution >= 4 is 0 Å². The van der Waals surface area contributed by atoms with E-state index in [9.17, 15) is 0 Å². The molecule has 0 aliphatic carbocycles. The van der Waals surface area contributed by atoms with Crippen molar-refractivity contribution in [2.45, 2.75) is 6.23 Å². The van der Waals surface area contributed by atoms with Gasteiger partial charge in [-0.3, -0.25) is 0 Å². The van der Waals surface area contributed by atoms with E-state index < -0.39 is 6.23 Å². The molecule has 9 heteroatoms. The van der Waals surface area contributed by atoms with Gasteiger partial charge in [-0.25, -0.2) is 0 Å². The van der Waals surface area contributed by atoms with Gasteiger partial charge in [-0.2, -0.15) is 0 Å². The maximum atomic E-state index is 8.50. The number of hydrogen-bond donors (Lipinski definition) is 2. The Hall–Kier alpha value is -0.360. The molecule has 9 nitrogen and oxygen atoms in total. The fourth-order valence-electron chi connectivity index (χ4n) is 1.43. The van der Waals surface area contributed by atoms with E-state index in [1.807, 2.05) is 0 Å².